The number of aryl methyl sites for hydroxylation is 1. The van der Waals surface area contributed by atoms with Crippen LogP contribution in [-0.4, -0.2) is 15.3 Å². The number of hydrogen-bond acceptors (Lipinski definition) is 3. The monoisotopic (exact) mass is 318 g/mol. The molecule has 0 saturated heterocycles. The van der Waals surface area contributed by atoms with E-state index in [0.29, 0.717) is 6.42 Å². The molecule has 0 radical (unpaired) electrons. The molecule has 0 spiro atoms. The fraction of sp³-hybridized carbons (Fsp3) is 0.238. The van der Waals surface area contributed by atoms with Gasteiger partial charge in [0.15, 0.2) is 0 Å². The zero-order chi connectivity index (χ0) is 16.6. The third kappa shape index (κ3) is 1.62. The van der Waals surface area contributed by atoms with Crippen molar-refractivity contribution in [3.63, 3.8) is 0 Å². The Morgan fingerprint density at radius 1 is 0.875 bits per heavy atom. The lowest BCUT2D eigenvalue weighted by atomic mass is 9.78. The lowest BCUT2D eigenvalue weighted by molar-refractivity contribution is 0.0152. The van der Waals surface area contributed by atoms with E-state index in [1.165, 1.54) is 0 Å². The van der Waals surface area contributed by atoms with Gasteiger partial charge < -0.3 is 15.3 Å². The summed E-state index contributed by atoms with van der Waals surface area (Å²) >= 11 is 0. The van der Waals surface area contributed by atoms with Gasteiger partial charge in [-0.1, -0.05) is 36.4 Å². The van der Waals surface area contributed by atoms with Gasteiger partial charge in [0.2, 0.25) is 0 Å². The van der Waals surface area contributed by atoms with Crippen molar-refractivity contribution >= 4 is 10.8 Å². The van der Waals surface area contributed by atoms with E-state index in [2.05, 4.69) is 12.1 Å². The molecule has 0 aromatic heterocycles. The number of aliphatic hydroxyl groups is 3. The van der Waals surface area contributed by atoms with Gasteiger partial charge in [0.25, 0.3) is 0 Å². The Morgan fingerprint density at radius 3 is 2.50 bits per heavy atom. The summed E-state index contributed by atoms with van der Waals surface area (Å²) in [6, 6.07) is 13.9. The summed E-state index contributed by atoms with van der Waals surface area (Å²) in [7, 11) is 0. The highest BCUT2D eigenvalue weighted by atomic mass is 16.3. The van der Waals surface area contributed by atoms with Gasteiger partial charge in [0, 0.05) is 6.42 Å². The Morgan fingerprint density at radius 2 is 1.67 bits per heavy atom. The standard InChI is InChI=1S/C21H18O3/c1-10-6-7-11-8-14-12-4-2-3-5-13(12)20(23)21(24)19(14)15-9-16(22)17(10)18(11)15/h2-8,16,20-24H,9H2,1H3/t16-,20+,21+/m0/s1. The summed E-state index contributed by atoms with van der Waals surface area (Å²) in [4.78, 5) is 0. The Labute approximate surface area is 139 Å². The van der Waals surface area contributed by atoms with Crippen LogP contribution >= 0.6 is 0 Å². The largest absolute Gasteiger partial charge is 0.388 e. The van der Waals surface area contributed by atoms with Crippen LogP contribution in [0.4, 0.5) is 0 Å². The van der Waals surface area contributed by atoms with E-state index >= 15 is 0 Å². The van der Waals surface area contributed by atoms with E-state index in [-0.39, 0.29) is 0 Å². The molecule has 2 aliphatic carbocycles. The van der Waals surface area contributed by atoms with E-state index in [1.807, 2.05) is 37.3 Å². The highest BCUT2D eigenvalue weighted by Crippen LogP contribution is 2.51. The molecule has 0 fully saturated rings. The van der Waals surface area contributed by atoms with Crippen molar-refractivity contribution < 1.29 is 15.3 Å². The van der Waals surface area contributed by atoms with Crippen LogP contribution in [0.5, 0.6) is 0 Å². The fourth-order valence-corrected chi connectivity index (χ4v) is 4.55. The van der Waals surface area contributed by atoms with Crippen LogP contribution in [-0.2, 0) is 6.42 Å². The third-order valence-electron chi connectivity index (χ3n) is 5.61. The van der Waals surface area contributed by atoms with Gasteiger partial charge >= 0.3 is 0 Å². The van der Waals surface area contributed by atoms with Gasteiger partial charge in [-0.2, -0.15) is 0 Å². The van der Waals surface area contributed by atoms with Crippen molar-refractivity contribution in [2.75, 3.05) is 0 Å². The third-order valence-corrected chi connectivity index (χ3v) is 5.61. The first kappa shape index (κ1) is 14.2. The molecular weight excluding hydrogens is 300 g/mol. The van der Waals surface area contributed by atoms with Crippen molar-refractivity contribution in [1.82, 2.24) is 0 Å². The van der Waals surface area contributed by atoms with Crippen LogP contribution in [0.2, 0.25) is 0 Å². The molecule has 0 saturated carbocycles. The van der Waals surface area contributed by atoms with E-state index < -0.39 is 18.3 Å². The van der Waals surface area contributed by atoms with Crippen molar-refractivity contribution in [3.05, 3.63) is 70.3 Å². The average molecular weight is 318 g/mol. The lowest BCUT2D eigenvalue weighted by Crippen LogP contribution is -2.19. The van der Waals surface area contributed by atoms with E-state index in [9.17, 15) is 15.3 Å². The highest BCUT2D eigenvalue weighted by Gasteiger charge is 2.37. The van der Waals surface area contributed by atoms with Crippen LogP contribution in [0, 0.1) is 6.92 Å². The predicted octanol–water partition coefficient (Wildman–Crippen LogP) is 3.49. The highest BCUT2D eigenvalue weighted by molar-refractivity contribution is 5.98. The first-order valence-electron chi connectivity index (χ1n) is 8.30. The molecule has 3 aromatic carbocycles. The first-order chi connectivity index (χ1) is 11.6. The molecule has 3 aromatic rings. The molecule has 0 heterocycles. The Bertz CT molecular complexity index is 1010. The zero-order valence-corrected chi connectivity index (χ0v) is 13.3. The topological polar surface area (TPSA) is 60.7 Å². The fourth-order valence-electron chi connectivity index (χ4n) is 4.55. The number of hydrogen-bond donors (Lipinski definition) is 3. The van der Waals surface area contributed by atoms with Gasteiger partial charge in [-0.3, -0.25) is 0 Å². The maximum absolute atomic E-state index is 10.8. The van der Waals surface area contributed by atoms with Crippen LogP contribution in [0.3, 0.4) is 0 Å². The first-order valence-corrected chi connectivity index (χ1v) is 8.30. The van der Waals surface area contributed by atoms with Gasteiger partial charge in [0.05, 0.1) is 6.10 Å². The predicted molar refractivity (Wildman–Crippen MR) is 92.7 cm³/mol. The molecule has 2 aliphatic rings. The van der Waals surface area contributed by atoms with Gasteiger partial charge in [0.1, 0.15) is 12.2 Å². The van der Waals surface area contributed by atoms with Crippen molar-refractivity contribution in [3.8, 4) is 11.1 Å². The molecular formula is C21H18O3. The Balaban J connectivity index is 1.95. The summed E-state index contributed by atoms with van der Waals surface area (Å²) in [6.45, 7) is 2.01. The molecule has 0 amide bonds. The molecule has 0 aliphatic heterocycles. The Hall–Kier alpha value is -2.20. The Kier molecular flexibility index (Phi) is 2.76. The van der Waals surface area contributed by atoms with Gasteiger partial charge in [-0.05, 0) is 62.7 Å². The molecule has 3 N–H and O–H groups in total. The number of fused-ring (bicyclic) bond motifs is 4. The molecule has 3 atom stereocenters. The molecule has 120 valence electrons. The van der Waals surface area contributed by atoms with Crippen LogP contribution in [0.15, 0.2) is 42.5 Å². The summed E-state index contributed by atoms with van der Waals surface area (Å²) in [6.07, 6.45) is -1.95. The van der Waals surface area contributed by atoms with Gasteiger partial charge in [-0.15, -0.1) is 0 Å². The maximum atomic E-state index is 10.8. The van der Waals surface area contributed by atoms with E-state index in [1.54, 1.807) is 0 Å². The molecule has 3 heteroatoms. The minimum absolute atomic E-state index is 0.492. The summed E-state index contributed by atoms with van der Waals surface area (Å²) in [5.41, 5.74) is 6.48. The van der Waals surface area contributed by atoms with Crippen molar-refractivity contribution in [2.45, 2.75) is 31.7 Å². The van der Waals surface area contributed by atoms with Gasteiger partial charge in [-0.25, -0.2) is 0 Å². The van der Waals surface area contributed by atoms with E-state index in [0.717, 1.165) is 49.7 Å². The summed E-state index contributed by atoms with van der Waals surface area (Å²) in [5, 5.41) is 34.1. The normalized spacial score (nSPS) is 24.1. The second-order valence-electron chi connectivity index (χ2n) is 6.91. The molecule has 3 nitrogen and oxygen atoms in total. The van der Waals surface area contributed by atoms with E-state index in [4.69, 9.17) is 0 Å². The summed E-state index contributed by atoms with van der Waals surface area (Å²) < 4.78 is 0. The average Bonchev–Trinajstić information content (AvgIpc) is 2.94. The van der Waals surface area contributed by atoms with Crippen LogP contribution < -0.4 is 0 Å². The maximum Gasteiger partial charge on any atom is 0.110 e. The molecule has 0 unspecified atom stereocenters. The number of rotatable bonds is 0. The second kappa shape index (κ2) is 4.67. The molecule has 5 rings (SSSR count). The summed E-state index contributed by atoms with van der Waals surface area (Å²) in [5.74, 6) is 0. The number of benzene rings is 3. The quantitative estimate of drug-likeness (QED) is 0.595. The smallest absolute Gasteiger partial charge is 0.110 e. The van der Waals surface area contributed by atoms with Crippen LogP contribution in [0.25, 0.3) is 21.9 Å². The lowest BCUT2D eigenvalue weighted by Gasteiger charge is -2.31. The SMILES string of the molecule is Cc1ccc2cc3c(c4c2c1[C@@H](O)C4)[C@@H](O)[C@H](O)c1ccccc1-3. The molecule has 24 heavy (non-hydrogen) atoms. The number of aliphatic hydroxyl groups excluding tert-OH is 3. The second-order valence-corrected chi connectivity index (χ2v) is 6.91. The van der Waals surface area contributed by atoms with Crippen molar-refractivity contribution in [2.24, 2.45) is 0 Å². The van der Waals surface area contributed by atoms with Crippen LogP contribution in [0.1, 0.15) is 46.1 Å². The minimum atomic E-state index is -0.965. The van der Waals surface area contributed by atoms with Crippen molar-refractivity contribution in [1.29, 1.82) is 0 Å². The minimum Gasteiger partial charge on any atom is -0.388 e. The molecule has 0 bridgehead atoms. The zero-order valence-electron chi connectivity index (χ0n) is 13.3.